The summed E-state index contributed by atoms with van der Waals surface area (Å²) in [6.07, 6.45) is 5.64. The number of nitrogens with zero attached hydrogens (tertiary/aromatic N) is 3. The highest BCUT2D eigenvalue weighted by Crippen LogP contribution is 2.30. The SMILES string of the molecule is CC1=NO[C@@H](c2ccccc2Cc2cn(C)cn2)C1. The molecule has 0 radical (unpaired) electrons. The van der Waals surface area contributed by atoms with Crippen molar-refractivity contribution >= 4 is 5.71 Å². The number of hydrogen-bond acceptors (Lipinski definition) is 3. The second-order valence-corrected chi connectivity index (χ2v) is 5.03. The fourth-order valence-corrected chi connectivity index (χ4v) is 2.43. The minimum atomic E-state index is 0.0555. The zero-order valence-corrected chi connectivity index (χ0v) is 11.2. The fourth-order valence-electron chi connectivity index (χ4n) is 2.43. The zero-order chi connectivity index (χ0) is 13.2. The Bertz CT molecular complexity index is 615. The van der Waals surface area contributed by atoms with E-state index < -0.39 is 0 Å². The Morgan fingerprint density at radius 3 is 2.89 bits per heavy atom. The third-order valence-corrected chi connectivity index (χ3v) is 3.35. The summed E-state index contributed by atoms with van der Waals surface area (Å²) in [6.45, 7) is 2.00. The number of aryl methyl sites for hydroxylation is 1. The van der Waals surface area contributed by atoms with E-state index in [1.807, 2.05) is 37.1 Å². The predicted molar refractivity (Wildman–Crippen MR) is 74.0 cm³/mol. The molecule has 0 saturated carbocycles. The average Bonchev–Trinajstić information content (AvgIpc) is 2.99. The Kier molecular flexibility index (Phi) is 3.07. The van der Waals surface area contributed by atoms with Gasteiger partial charge in [0.25, 0.3) is 0 Å². The first-order chi connectivity index (χ1) is 9.22. The van der Waals surface area contributed by atoms with E-state index in [1.165, 1.54) is 11.1 Å². The maximum Gasteiger partial charge on any atom is 0.158 e. The molecule has 1 aliphatic rings. The lowest BCUT2D eigenvalue weighted by molar-refractivity contribution is 0.0851. The Morgan fingerprint density at radius 2 is 2.21 bits per heavy atom. The van der Waals surface area contributed by atoms with Crippen LogP contribution >= 0.6 is 0 Å². The van der Waals surface area contributed by atoms with Gasteiger partial charge in [0.15, 0.2) is 6.10 Å². The molecule has 3 rings (SSSR count). The zero-order valence-electron chi connectivity index (χ0n) is 11.2. The average molecular weight is 255 g/mol. The molecule has 2 aromatic rings. The molecule has 4 nitrogen and oxygen atoms in total. The molecule has 1 atom stereocenters. The molecule has 2 heterocycles. The molecule has 1 aromatic heterocycles. The maximum absolute atomic E-state index is 5.50. The van der Waals surface area contributed by atoms with Crippen LogP contribution in [0.15, 0.2) is 41.9 Å². The Hall–Kier alpha value is -2.10. The monoisotopic (exact) mass is 255 g/mol. The van der Waals surface area contributed by atoms with Crippen LogP contribution in [0.5, 0.6) is 0 Å². The molecule has 4 heteroatoms. The van der Waals surface area contributed by atoms with Crippen molar-refractivity contribution in [2.24, 2.45) is 12.2 Å². The van der Waals surface area contributed by atoms with Crippen molar-refractivity contribution in [1.29, 1.82) is 0 Å². The standard InChI is InChI=1S/C15H17N3O/c1-11-7-15(19-17-11)14-6-4-3-5-12(14)8-13-9-18(2)10-16-13/h3-6,9-10,15H,7-8H2,1-2H3/t15-/m1/s1. The van der Waals surface area contributed by atoms with Crippen LogP contribution in [-0.4, -0.2) is 15.3 Å². The van der Waals surface area contributed by atoms with E-state index in [0.29, 0.717) is 0 Å². The highest BCUT2D eigenvalue weighted by Gasteiger charge is 2.22. The van der Waals surface area contributed by atoms with Gasteiger partial charge < -0.3 is 9.40 Å². The topological polar surface area (TPSA) is 39.4 Å². The summed E-state index contributed by atoms with van der Waals surface area (Å²) in [5.41, 5.74) is 4.60. The van der Waals surface area contributed by atoms with Crippen LogP contribution < -0.4 is 0 Å². The molecule has 0 unspecified atom stereocenters. The molecule has 1 aliphatic heterocycles. The van der Waals surface area contributed by atoms with Crippen LogP contribution in [0.25, 0.3) is 0 Å². The smallest absolute Gasteiger partial charge is 0.158 e. The molecule has 0 aliphatic carbocycles. The fraction of sp³-hybridized carbons (Fsp3) is 0.333. The summed E-state index contributed by atoms with van der Waals surface area (Å²) in [5.74, 6) is 0. The van der Waals surface area contributed by atoms with Crippen molar-refractivity contribution < 1.29 is 4.84 Å². The van der Waals surface area contributed by atoms with Crippen LogP contribution in [0, 0.1) is 0 Å². The van der Waals surface area contributed by atoms with Crippen LogP contribution in [0.2, 0.25) is 0 Å². The molecule has 0 fully saturated rings. The van der Waals surface area contributed by atoms with E-state index in [1.54, 1.807) is 0 Å². The molecule has 0 saturated heterocycles. The van der Waals surface area contributed by atoms with Gasteiger partial charge in [-0.1, -0.05) is 29.4 Å². The van der Waals surface area contributed by atoms with E-state index in [9.17, 15) is 0 Å². The third kappa shape index (κ3) is 2.52. The molecule has 0 N–H and O–H groups in total. The van der Waals surface area contributed by atoms with E-state index in [-0.39, 0.29) is 6.10 Å². The highest BCUT2D eigenvalue weighted by atomic mass is 16.6. The van der Waals surface area contributed by atoms with Gasteiger partial charge in [-0.15, -0.1) is 0 Å². The minimum absolute atomic E-state index is 0.0555. The molecule has 19 heavy (non-hydrogen) atoms. The quantitative estimate of drug-likeness (QED) is 0.846. The molecular weight excluding hydrogens is 238 g/mol. The Morgan fingerprint density at radius 1 is 1.37 bits per heavy atom. The van der Waals surface area contributed by atoms with E-state index >= 15 is 0 Å². The van der Waals surface area contributed by atoms with Crippen molar-refractivity contribution in [2.75, 3.05) is 0 Å². The largest absolute Gasteiger partial charge is 0.387 e. The summed E-state index contributed by atoms with van der Waals surface area (Å²) in [6, 6.07) is 8.37. The van der Waals surface area contributed by atoms with Crippen molar-refractivity contribution in [1.82, 2.24) is 9.55 Å². The second kappa shape index (κ2) is 4.88. The Balaban J connectivity index is 1.85. The molecule has 98 valence electrons. The summed E-state index contributed by atoms with van der Waals surface area (Å²) >= 11 is 0. The third-order valence-electron chi connectivity index (χ3n) is 3.35. The number of rotatable bonds is 3. The first-order valence-corrected chi connectivity index (χ1v) is 6.46. The van der Waals surface area contributed by atoms with Crippen molar-refractivity contribution in [3.8, 4) is 0 Å². The summed E-state index contributed by atoms with van der Waals surface area (Å²) in [5, 5.41) is 4.04. The van der Waals surface area contributed by atoms with Gasteiger partial charge in [0.1, 0.15) is 0 Å². The van der Waals surface area contributed by atoms with Crippen molar-refractivity contribution in [3.05, 3.63) is 53.6 Å². The summed E-state index contributed by atoms with van der Waals surface area (Å²) in [7, 11) is 1.99. The molecule has 0 spiro atoms. The molecule has 0 bridgehead atoms. The number of benzene rings is 1. The predicted octanol–water partition coefficient (Wildman–Crippen LogP) is 2.85. The van der Waals surface area contributed by atoms with Crippen LogP contribution in [0.3, 0.4) is 0 Å². The van der Waals surface area contributed by atoms with Crippen LogP contribution in [0.1, 0.15) is 36.3 Å². The second-order valence-electron chi connectivity index (χ2n) is 5.03. The van der Waals surface area contributed by atoms with Crippen LogP contribution in [-0.2, 0) is 18.3 Å². The molecular formula is C15H17N3O. The first-order valence-electron chi connectivity index (χ1n) is 6.46. The van der Waals surface area contributed by atoms with Gasteiger partial charge in [0, 0.05) is 26.1 Å². The summed E-state index contributed by atoms with van der Waals surface area (Å²) < 4.78 is 1.97. The lowest BCUT2D eigenvalue weighted by atomic mass is 9.96. The van der Waals surface area contributed by atoms with Crippen LogP contribution in [0.4, 0.5) is 0 Å². The van der Waals surface area contributed by atoms with Gasteiger partial charge in [-0.2, -0.15) is 0 Å². The normalized spacial score (nSPS) is 18.2. The molecule has 0 amide bonds. The van der Waals surface area contributed by atoms with Gasteiger partial charge >= 0.3 is 0 Å². The highest BCUT2D eigenvalue weighted by molar-refractivity contribution is 5.83. The van der Waals surface area contributed by atoms with Crippen molar-refractivity contribution in [2.45, 2.75) is 25.9 Å². The van der Waals surface area contributed by atoms with Gasteiger partial charge in [0.05, 0.1) is 17.7 Å². The first kappa shape index (κ1) is 12.0. The number of imidazole rings is 1. The lowest BCUT2D eigenvalue weighted by Gasteiger charge is -2.13. The number of oxime groups is 1. The van der Waals surface area contributed by atoms with E-state index in [4.69, 9.17) is 4.84 Å². The van der Waals surface area contributed by atoms with Crippen molar-refractivity contribution in [3.63, 3.8) is 0 Å². The van der Waals surface area contributed by atoms with E-state index in [2.05, 4.69) is 28.3 Å². The van der Waals surface area contributed by atoms with E-state index in [0.717, 1.165) is 24.2 Å². The minimum Gasteiger partial charge on any atom is -0.387 e. The number of aromatic nitrogens is 2. The van der Waals surface area contributed by atoms with Gasteiger partial charge in [-0.3, -0.25) is 0 Å². The Labute approximate surface area is 112 Å². The lowest BCUT2D eigenvalue weighted by Crippen LogP contribution is -2.03. The number of hydrogen-bond donors (Lipinski definition) is 0. The van der Waals surface area contributed by atoms with Gasteiger partial charge in [0.2, 0.25) is 0 Å². The van der Waals surface area contributed by atoms with Gasteiger partial charge in [-0.05, 0) is 18.1 Å². The molecule has 1 aromatic carbocycles. The summed E-state index contributed by atoms with van der Waals surface area (Å²) in [4.78, 5) is 9.88. The maximum atomic E-state index is 5.50. The van der Waals surface area contributed by atoms with Gasteiger partial charge in [-0.25, -0.2) is 4.98 Å².